The number of amides is 2. The van der Waals surface area contributed by atoms with E-state index in [1.165, 1.54) is 34.9 Å². The topological polar surface area (TPSA) is 140 Å². The minimum absolute atomic E-state index is 0.170. The Balaban J connectivity index is 1.80. The Labute approximate surface area is 177 Å². The Morgan fingerprint density at radius 3 is 2.65 bits per heavy atom. The van der Waals surface area contributed by atoms with Gasteiger partial charge < -0.3 is 20.5 Å². The summed E-state index contributed by atoms with van der Waals surface area (Å²) in [6.07, 6.45) is 2.79. The number of hydrogen-bond acceptors (Lipinski definition) is 6. The molecular formula is C20H22N6O5. The van der Waals surface area contributed by atoms with Crippen LogP contribution >= 0.6 is 0 Å². The van der Waals surface area contributed by atoms with Crippen molar-refractivity contribution in [3.63, 3.8) is 0 Å². The van der Waals surface area contributed by atoms with E-state index in [1.807, 2.05) is 6.92 Å². The van der Waals surface area contributed by atoms with E-state index in [4.69, 9.17) is 9.84 Å². The predicted octanol–water partition coefficient (Wildman–Crippen LogP) is 2.26. The van der Waals surface area contributed by atoms with E-state index in [2.05, 4.69) is 20.8 Å². The molecule has 2 aromatic heterocycles. The maximum Gasteiger partial charge on any atom is 0.356 e. The molecule has 11 nitrogen and oxygen atoms in total. The van der Waals surface area contributed by atoms with Crippen molar-refractivity contribution in [3.05, 3.63) is 54.1 Å². The second-order valence-electron chi connectivity index (χ2n) is 6.56. The van der Waals surface area contributed by atoms with Gasteiger partial charge in [0, 0.05) is 24.5 Å². The average molecular weight is 426 g/mol. The molecular weight excluding hydrogens is 404 g/mol. The molecule has 0 aliphatic carbocycles. The number of nitrogens with one attached hydrogen (secondary N) is 2. The van der Waals surface area contributed by atoms with Crippen LogP contribution in [0.4, 0.5) is 11.4 Å². The molecule has 0 aliphatic heterocycles. The van der Waals surface area contributed by atoms with Gasteiger partial charge in [-0.15, -0.1) is 0 Å². The lowest BCUT2D eigenvalue weighted by molar-refractivity contribution is -0.119. The molecule has 3 N–H and O–H groups in total. The zero-order valence-corrected chi connectivity index (χ0v) is 17.2. The number of carboxylic acids is 1. The van der Waals surface area contributed by atoms with Gasteiger partial charge in [-0.3, -0.25) is 19.0 Å². The highest BCUT2D eigenvalue weighted by Gasteiger charge is 2.23. The molecule has 0 bridgehead atoms. The molecule has 0 spiro atoms. The van der Waals surface area contributed by atoms with E-state index in [-0.39, 0.29) is 17.1 Å². The van der Waals surface area contributed by atoms with E-state index < -0.39 is 23.8 Å². The number of benzene rings is 1. The monoisotopic (exact) mass is 426 g/mol. The molecule has 1 atom stereocenters. The summed E-state index contributed by atoms with van der Waals surface area (Å²) in [5.74, 6) is -1.54. The number of carbonyl (C=O) groups is 3. The predicted molar refractivity (Wildman–Crippen MR) is 111 cm³/mol. The van der Waals surface area contributed by atoms with Crippen molar-refractivity contribution in [2.75, 3.05) is 17.7 Å². The summed E-state index contributed by atoms with van der Waals surface area (Å²) < 4.78 is 7.86. The first-order valence-electron chi connectivity index (χ1n) is 9.44. The Morgan fingerprint density at radius 2 is 2.00 bits per heavy atom. The molecule has 162 valence electrons. The highest BCUT2D eigenvalue weighted by atomic mass is 16.5. The van der Waals surface area contributed by atoms with Gasteiger partial charge in [-0.25, -0.2) is 4.79 Å². The fraction of sp³-hybridized carbons (Fsp3) is 0.250. The van der Waals surface area contributed by atoms with Crippen LogP contribution in [0.3, 0.4) is 0 Å². The Hall–Kier alpha value is -4.15. The Morgan fingerprint density at radius 1 is 1.23 bits per heavy atom. The smallest absolute Gasteiger partial charge is 0.356 e. The van der Waals surface area contributed by atoms with Crippen molar-refractivity contribution >= 4 is 29.2 Å². The largest absolute Gasteiger partial charge is 0.497 e. The molecule has 3 rings (SSSR count). The number of aromatic carboxylic acids is 1. The van der Waals surface area contributed by atoms with Gasteiger partial charge in [-0.1, -0.05) is 6.07 Å². The van der Waals surface area contributed by atoms with Crippen molar-refractivity contribution in [1.29, 1.82) is 0 Å². The van der Waals surface area contributed by atoms with Gasteiger partial charge in [0.2, 0.25) is 5.91 Å². The van der Waals surface area contributed by atoms with Crippen molar-refractivity contribution < 1.29 is 24.2 Å². The zero-order chi connectivity index (χ0) is 22.5. The second-order valence-corrected chi connectivity index (χ2v) is 6.56. The van der Waals surface area contributed by atoms with Crippen molar-refractivity contribution in [2.24, 2.45) is 0 Å². The van der Waals surface area contributed by atoms with Crippen LogP contribution in [-0.4, -0.2) is 49.6 Å². The van der Waals surface area contributed by atoms with Crippen LogP contribution in [0.1, 0.15) is 40.9 Å². The fourth-order valence-corrected chi connectivity index (χ4v) is 2.87. The molecule has 1 aromatic carbocycles. The Kier molecular flexibility index (Phi) is 6.34. The summed E-state index contributed by atoms with van der Waals surface area (Å²) in [7, 11) is 1.53. The zero-order valence-electron chi connectivity index (χ0n) is 17.2. The lowest BCUT2D eigenvalue weighted by Crippen LogP contribution is -2.26. The number of rotatable bonds is 8. The average Bonchev–Trinajstić information content (AvgIpc) is 3.40. The number of anilines is 2. The second kappa shape index (κ2) is 9.11. The van der Waals surface area contributed by atoms with Crippen LogP contribution in [0.2, 0.25) is 0 Å². The van der Waals surface area contributed by atoms with Gasteiger partial charge in [-0.05, 0) is 32.0 Å². The summed E-state index contributed by atoms with van der Waals surface area (Å²) in [6.45, 7) is 3.79. The van der Waals surface area contributed by atoms with E-state index >= 15 is 0 Å². The number of methoxy groups -OCH3 is 1. The van der Waals surface area contributed by atoms with Gasteiger partial charge in [-0.2, -0.15) is 10.2 Å². The van der Waals surface area contributed by atoms with Gasteiger partial charge in [0.05, 0.1) is 19.0 Å². The number of hydrogen-bond donors (Lipinski definition) is 3. The number of nitrogens with zero attached hydrogens (tertiary/aromatic N) is 4. The fourth-order valence-electron chi connectivity index (χ4n) is 2.87. The number of aromatic nitrogens is 4. The lowest BCUT2D eigenvalue weighted by Gasteiger charge is -2.14. The molecule has 1 unspecified atom stereocenters. The molecule has 0 aliphatic rings. The van der Waals surface area contributed by atoms with Crippen LogP contribution in [-0.2, 0) is 11.3 Å². The Bertz CT molecular complexity index is 1120. The standard InChI is InChI=1S/C20H22N6O5/c1-4-25-17(19(28)22-13-6-5-7-14(10-13)31-3)16(11-21-25)23-18(27)12(2)26-9-8-15(24-26)20(29)30/h5-12H,4H2,1-3H3,(H,22,28)(H,23,27)(H,29,30). The molecule has 11 heteroatoms. The third-order valence-corrected chi connectivity index (χ3v) is 4.54. The van der Waals surface area contributed by atoms with Crippen molar-refractivity contribution in [2.45, 2.75) is 26.4 Å². The van der Waals surface area contributed by atoms with Crippen LogP contribution in [0.5, 0.6) is 5.75 Å². The van der Waals surface area contributed by atoms with Crippen LogP contribution in [0, 0.1) is 0 Å². The van der Waals surface area contributed by atoms with E-state index in [9.17, 15) is 14.4 Å². The molecule has 0 saturated carbocycles. The first-order valence-corrected chi connectivity index (χ1v) is 9.44. The SMILES string of the molecule is CCn1ncc(NC(=O)C(C)n2ccc(C(=O)O)n2)c1C(=O)Nc1cccc(OC)c1. The first kappa shape index (κ1) is 21.6. The maximum atomic E-state index is 12.9. The normalized spacial score (nSPS) is 11.6. The van der Waals surface area contributed by atoms with E-state index in [0.29, 0.717) is 18.0 Å². The summed E-state index contributed by atoms with van der Waals surface area (Å²) in [4.78, 5) is 36.6. The molecule has 0 radical (unpaired) electrons. The summed E-state index contributed by atoms with van der Waals surface area (Å²) >= 11 is 0. The highest BCUT2D eigenvalue weighted by Crippen LogP contribution is 2.21. The van der Waals surface area contributed by atoms with Gasteiger partial charge in [0.1, 0.15) is 17.5 Å². The lowest BCUT2D eigenvalue weighted by atomic mass is 10.2. The molecule has 2 heterocycles. The molecule has 3 aromatic rings. The number of carboxylic acid groups (broad SMARTS) is 1. The summed E-state index contributed by atoms with van der Waals surface area (Å²) in [5, 5.41) is 22.5. The third-order valence-electron chi connectivity index (χ3n) is 4.54. The van der Waals surface area contributed by atoms with Gasteiger partial charge in [0.15, 0.2) is 5.69 Å². The minimum Gasteiger partial charge on any atom is -0.497 e. The minimum atomic E-state index is -1.19. The molecule has 0 saturated heterocycles. The van der Waals surface area contributed by atoms with Crippen LogP contribution in [0.25, 0.3) is 0 Å². The van der Waals surface area contributed by atoms with Gasteiger partial charge in [0.25, 0.3) is 5.91 Å². The van der Waals surface area contributed by atoms with Gasteiger partial charge >= 0.3 is 5.97 Å². The van der Waals surface area contributed by atoms with E-state index in [1.54, 1.807) is 31.2 Å². The third kappa shape index (κ3) is 4.71. The summed E-state index contributed by atoms with van der Waals surface area (Å²) in [5.41, 5.74) is 0.760. The molecule has 0 fully saturated rings. The summed E-state index contributed by atoms with van der Waals surface area (Å²) in [6, 6.07) is 7.37. The molecule has 31 heavy (non-hydrogen) atoms. The molecule has 2 amide bonds. The van der Waals surface area contributed by atoms with Crippen molar-refractivity contribution in [1.82, 2.24) is 19.6 Å². The van der Waals surface area contributed by atoms with E-state index in [0.717, 1.165) is 0 Å². The number of carbonyl (C=O) groups excluding carboxylic acids is 2. The quantitative estimate of drug-likeness (QED) is 0.502. The number of aryl methyl sites for hydroxylation is 1. The van der Waals surface area contributed by atoms with Crippen LogP contribution in [0.15, 0.2) is 42.7 Å². The first-order chi connectivity index (χ1) is 14.8. The maximum absolute atomic E-state index is 12.9. The van der Waals surface area contributed by atoms with Crippen molar-refractivity contribution in [3.8, 4) is 5.75 Å². The highest BCUT2D eigenvalue weighted by molar-refractivity contribution is 6.09. The number of ether oxygens (including phenoxy) is 1. The van der Waals surface area contributed by atoms with Crippen LogP contribution < -0.4 is 15.4 Å².